The number of ether oxygens (including phenoxy) is 1. The van der Waals surface area contributed by atoms with Crippen molar-refractivity contribution in [3.8, 4) is 11.5 Å². The Morgan fingerprint density at radius 1 is 1.09 bits per heavy atom. The Labute approximate surface area is 208 Å². The zero-order chi connectivity index (χ0) is 25.9. The fraction of sp³-hybridized carbons (Fsp3) is 0.480. The molecule has 35 heavy (non-hydrogen) atoms. The third kappa shape index (κ3) is 6.87. The average molecular weight is 508 g/mol. The van der Waals surface area contributed by atoms with E-state index in [9.17, 15) is 35.4 Å². The molecule has 1 saturated heterocycles. The largest absolute Gasteiger partial charge is 0.508 e. The van der Waals surface area contributed by atoms with Crippen molar-refractivity contribution in [2.24, 2.45) is 0 Å². The first-order chi connectivity index (χ1) is 16.4. The van der Waals surface area contributed by atoms with Gasteiger partial charge in [0.2, 0.25) is 0 Å². The van der Waals surface area contributed by atoms with Crippen LogP contribution in [0.4, 0.5) is 0 Å². The smallest absolute Gasteiger partial charge is 0.260 e. The summed E-state index contributed by atoms with van der Waals surface area (Å²) in [7, 11) is 0. The van der Waals surface area contributed by atoms with E-state index in [1.165, 1.54) is 13.8 Å². The molecule has 1 heterocycles. The van der Waals surface area contributed by atoms with Crippen LogP contribution in [0.3, 0.4) is 0 Å². The maximum atomic E-state index is 11.8. The van der Waals surface area contributed by atoms with Crippen LogP contribution in [0.15, 0.2) is 36.4 Å². The number of benzene rings is 2. The van der Waals surface area contributed by atoms with Gasteiger partial charge in [-0.1, -0.05) is 18.2 Å². The molecular weight excluding hydrogens is 474 g/mol. The van der Waals surface area contributed by atoms with Crippen molar-refractivity contribution in [1.29, 1.82) is 0 Å². The lowest BCUT2D eigenvalue weighted by Gasteiger charge is -2.40. The molecule has 5 atom stereocenters. The number of phenols is 1. The van der Waals surface area contributed by atoms with Crippen LogP contribution in [0.1, 0.15) is 41.4 Å². The summed E-state index contributed by atoms with van der Waals surface area (Å²) < 4.78 is 5.46. The van der Waals surface area contributed by atoms with Crippen molar-refractivity contribution >= 4 is 17.7 Å². The van der Waals surface area contributed by atoms with Crippen LogP contribution in [0.5, 0.6) is 11.5 Å². The zero-order valence-electron chi connectivity index (χ0n) is 19.9. The van der Waals surface area contributed by atoms with Gasteiger partial charge in [-0.2, -0.15) is 0 Å². The van der Waals surface area contributed by atoms with Crippen LogP contribution in [0.25, 0.3) is 0 Å². The number of amides is 1. The number of nitrogens with one attached hydrogen (secondary N) is 1. The van der Waals surface area contributed by atoms with E-state index in [2.05, 4.69) is 5.32 Å². The number of hydrogen-bond donors (Lipinski definition) is 7. The molecule has 0 spiro atoms. The Hall–Kier alpha value is -2.34. The molecule has 0 bridgehead atoms. The lowest BCUT2D eigenvalue weighted by molar-refractivity contribution is -0.129. The quantitative estimate of drug-likeness (QED) is 0.256. The molecular formula is C25H33NO8S. The summed E-state index contributed by atoms with van der Waals surface area (Å²) in [6.07, 6.45) is -3.52. The lowest BCUT2D eigenvalue weighted by atomic mass is 9.92. The van der Waals surface area contributed by atoms with Crippen LogP contribution < -0.4 is 10.1 Å². The average Bonchev–Trinajstić information content (AvgIpc) is 2.78. The van der Waals surface area contributed by atoms with Gasteiger partial charge in [0, 0.05) is 5.56 Å². The van der Waals surface area contributed by atoms with Crippen molar-refractivity contribution in [3.05, 3.63) is 58.7 Å². The molecule has 0 radical (unpaired) electrons. The maximum Gasteiger partial charge on any atom is 0.260 e. The predicted octanol–water partition coefficient (Wildman–Crippen LogP) is 0.746. The molecule has 0 aromatic heterocycles. The van der Waals surface area contributed by atoms with Gasteiger partial charge in [0.25, 0.3) is 5.91 Å². The second-order valence-electron chi connectivity index (χ2n) is 9.30. The van der Waals surface area contributed by atoms with E-state index in [4.69, 9.17) is 4.74 Å². The number of aliphatic hydroxyl groups excluding tert-OH is 4. The fourth-order valence-corrected chi connectivity index (χ4v) is 5.43. The van der Waals surface area contributed by atoms with Crippen LogP contribution >= 0.6 is 11.8 Å². The summed E-state index contributed by atoms with van der Waals surface area (Å²) in [6.45, 7) is 4.16. The monoisotopic (exact) mass is 507 g/mol. The number of carbonyl (C=O) groups is 1. The maximum absolute atomic E-state index is 11.8. The normalized spacial score (nSPS) is 24.7. The van der Waals surface area contributed by atoms with E-state index in [0.29, 0.717) is 17.7 Å². The second-order valence-corrected chi connectivity index (χ2v) is 10.7. The van der Waals surface area contributed by atoms with E-state index in [1.54, 1.807) is 24.3 Å². The topological polar surface area (TPSA) is 160 Å². The van der Waals surface area contributed by atoms with E-state index in [-0.39, 0.29) is 19.0 Å². The highest BCUT2D eigenvalue weighted by atomic mass is 32.2. The minimum absolute atomic E-state index is 0.0313. The number of rotatable bonds is 8. The lowest BCUT2D eigenvalue weighted by Crippen LogP contribution is -2.51. The number of thioether (sulfide) groups is 1. The van der Waals surface area contributed by atoms with Crippen molar-refractivity contribution < 1.29 is 40.2 Å². The molecule has 0 unspecified atom stereocenters. The number of aliphatic hydroxyl groups is 5. The summed E-state index contributed by atoms with van der Waals surface area (Å²) >= 11 is 1.12. The molecule has 2 aromatic carbocycles. The number of carbonyl (C=O) groups excluding carboxylic acids is 1. The van der Waals surface area contributed by atoms with Crippen molar-refractivity contribution in [2.75, 3.05) is 13.2 Å². The van der Waals surface area contributed by atoms with Crippen LogP contribution in [0, 0.1) is 6.92 Å². The Bertz CT molecular complexity index is 1020. The fourth-order valence-electron chi connectivity index (χ4n) is 3.98. The molecule has 7 N–H and O–H groups in total. The number of aryl methyl sites for hydroxylation is 1. The number of phenolic OH excluding ortho intramolecular Hbond substituents is 1. The van der Waals surface area contributed by atoms with Crippen molar-refractivity contribution in [2.45, 2.75) is 61.7 Å². The van der Waals surface area contributed by atoms with Crippen molar-refractivity contribution in [3.63, 3.8) is 0 Å². The third-order valence-corrected chi connectivity index (χ3v) is 7.42. The van der Waals surface area contributed by atoms with Gasteiger partial charge in [-0.15, -0.1) is 11.8 Å². The van der Waals surface area contributed by atoms with E-state index in [0.717, 1.165) is 28.5 Å². The van der Waals surface area contributed by atoms with Gasteiger partial charge in [-0.25, -0.2) is 0 Å². The minimum atomic E-state index is -1.44. The number of aromatic hydroxyl groups is 1. The molecule has 10 heteroatoms. The van der Waals surface area contributed by atoms with Gasteiger partial charge in [-0.3, -0.25) is 4.79 Å². The summed E-state index contributed by atoms with van der Waals surface area (Å²) in [4.78, 5) is 11.8. The van der Waals surface area contributed by atoms with Crippen LogP contribution in [-0.2, 0) is 11.2 Å². The Morgan fingerprint density at radius 3 is 2.34 bits per heavy atom. The molecule has 9 nitrogen and oxygen atoms in total. The second kappa shape index (κ2) is 11.2. The highest BCUT2D eigenvalue weighted by Crippen LogP contribution is 2.46. The SMILES string of the molecule is Cc1cc(O)c([C@@H]2S[C@H](CO)[C@@H](O)[C@H](O)[C@H]2O)cc1Cc1ccc(OCC(=O)NC(C)(C)O)cc1. The van der Waals surface area contributed by atoms with E-state index >= 15 is 0 Å². The highest BCUT2D eigenvalue weighted by molar-refractivity contribution is 8.00. The standard InChI is InChI=1S/C25H33NO8S/c1-13-8-18(28)17(24-23(32)22(31)21(30)19(11-27)35-24)10-15(13)9-14-4-6-16(7-5-14)34-12-20(29)26-25(2,3)33/h4-8,10,19,21-24,27-28,30-33H,9,11-12H2,1-3H3,(H,26,29)/t19-,21-,22+,23-,24+/m1/s1. The van der Waals surface area contributed by atoms with Crippen LogP contribution in [0.2, 0.25) is 0 Å². The van der Waals surface area contributed by atoms with Gasteiger partial charge in [0.15, 0.2) is 6.61 Å². The summed E-state index contributed by atoms with van der Waals surface area (Å²) in [6, 6.07) is 10.5. The van der Waals surface area contributed by atoms with Gasteiger partial charge >= 0.3 is 0 Å². The summed E-state index contributed by atoms with van der Waals surface area (Å²) in [5.74, 6) is 0.0147. The van der Waals surface area contributed by atoms with Gasteiger partial charge in [0.05, 0.1) is 29.3 Å². The zero-order valence-corrected chi connectivity index (χ0v) is 20.7. The molecule has 3 rings (SSSR count). The first kappa shape index (κ1) is 27.3. The van der Waals surface area contributed by atoms with E-state index in [1.807, 2.05) is 19.1 Å². The first-order valence-electron chi connectivity index (χ1n) is 11.3. The van der Waals surface area contributed by atoms with Gasteiger partial charge in [0.1, 0.15) is 23.3 Å². The van der Waals surface area contributed by atoms with Crippen molar-refractivity contribution in [1.82, 2.24) is 5.32 Å². The first-order valence-corrected chi connectivity index (χ1v) is 12.2. The number of hydrogen-bond acceptors (Lipinski definition) is 9. The van der Waals surface area contributed by atoms with Gasteiger partial charge < -0.3 is 40.7 Å². The summed E-state index contributed by atoms with van der Waals surface area (Å²) in [5, 5.41) is 61.6. The molecule has 0 aliphatic carbocycles. The minimum Gasteiger partial charge on any atom is -0.508 e. The van der Waals surface area contributed by atoms with Crippen LogP contribution in [-0.4, -0.2) is 79.0 Å². The summed E-state index contributed by atoms with van der Waals surface area (Å²) in [5.41, 5.74) is 1.77. The molecule has 1 amide bonds. The highest BCUT2D eigenvalue weighted by Gasteiger charge is 2.44. The molecule has 0 saturated carbocycles. The Kier molecular flexibility index (Phi) is 8.68. The van der Waals surface area contributed by atoms with Gasteiger partial charge in [-0.05, 0) is 62.1 Å². The third-order valence-electron chi connectivity index (χ3n) is 5.82. The molecule has 2 aromatic rings. The molecule has 1 aliphatic heterocycles. The van der Waals surface area contributed by atoms with E-state index < -0.39 is 40.4 Å². The molecule has 192 valence electrons. The predicted molar refractivity (Wildman–Crippen MR) is 131 cm³/mol. The Morgan fingerprint density at radius 2 is 1.74 bits per heavy atom. The Balaban J connectivity index is 1.73. The molecule has 1 aliphatic rings. The molecule has 1 fully saturated rings.